The predicted molar refractivity (Wildman–Crippen MR) is 196 cm³/mol. The van der Waals surface area contributed by atoms with Crippen molar-refractivity contribution in [2.24, 2.45) is 11.5 Å². The molecule has 1 unspecified atom stereocenters. The molecule has 0 amide bonds. The van der Waals surface area contributed by atoms with Crippen molar-refractivity contribution in [3.8, 4) is 0 Å². The van der Waals surface area contributed by atoms with Crippen molar-refractivity contribution in [1.29, 1.82) is 0 Å². The average Bonchev–Trinajstić information content (AvgIpc) is 3.04. The molecule has 0 aliphatic heterocycles. The summed E-state index contributed by atoms with van der Waals surface area (Å²) in [6.45, 7) is 6.42. The second-order valence-electron chi connectivity index (χ2n) is 13.1. The number of rotatable bonds is 34. The Morgan fingerprint density at radius 2 is 0.894 bits per heavy atom. The van der Waals surface area contributed by atoms with Gasteiger partial charge in [0, 0.05) is 25.0 Å². The zero-order valence-corrected chi connectivity index (χ0v) is 31.3. The van der Waals surface area contributed by atoms with E-state index in [-0.39, 0.29) is 25.0 Å². The molecule has 0 fully saturated rings. The monoisotopic (exact) mass is 702 g/mol. The van der Waals surface area contributed by atoms with Gasteiger partial charge < -0.3 is 21.7 Å². The fourth-order valence-electron chi connectivity index (χ4n) is 5.52. The molecular weight excluding hydrogens is 637 g/mol. The maximum absolute atomic E-state index is 13.6. The van der Waals surface area contributed by atoms with Crippen molar-refractivity contribution in [3.63, 3.8) is 0 Å². The summed E-state index contributed by atoms with van der Waals surface area (Å²) in [4.78, 5) is 64.8. The lowest BCUT2D eigenvalue weighted by molar-refractivity contribution is -0.150. The van der Waals surface area contributed by atoms with Gasteiger partial charge in [-0.15, -0.1) is 0 Å². The highest BCUT2D eigenvalue weighted by Crippen LogP contribution is 2.38. The molecule has 9 nitrogen and oxygen atoms in total. The molecule has 0 aromatic rings. The van der Waals surface area contributed by atoms with Crippen LogP contribution in [0.2, 0.25) is 0 Å². The summed E-state index contributed by atoms with van der Waals surface area (Å²) < 4.78 is 0. The van der Waals surface area contributed by atoms with E-state index in [1.807, 2.05) is 0 Å². The normalized spacial score (nSPS) is 14.7. The van der Waals surface area contributed by atoms with Gasteiger partial charge in [-0.25, -0.2) is 9.59 Å². The van der Waals surface area contributed by atoms with Crippen LogP contribution in [0.4, 0.5) is 0 Å². The highest BCUT2D eigenvalue weighted by atomic mass is 33.1. The summed E-state index contributed by atoms with van der Waals surface area (Å²) in [7, 11) is 1.60. The average molecular weight is 703 g/mol. The summed E-state index contributed by atoms with van der Waals surface area (Å²) in [6.07, 6.45) is 20.2. The Morgan fingerprint density at radius 1 is 0.532 bits per heavy atom. The SMILES string of the molecule is CCCCCCCCCC(=O)C(SSC[C@](N)(C(=O)O)C(=O)CCCCCCCCC)[C@](N)(C(=O)O)C(=O)CCCCCCCCC. The Kier molecular flexibility index (Phi) is 26.6. The number of carboxylic acid groups (broad SMARTS) is 2. The zero-order valence-electron chi connectivity index (χ0n) is 29.7. The molecule has 0 bridgehead atoms. The van der Waals surface area contributed by atoms with Gasteiger partial charge >= 0.3 is 11.9 Å². The van der Waals surface area contributed by atoms with Gasteiger partial charge in [0.2, 0.25) is 0 Å². The summed E-state index contributed by atoms with van der Waals surface area (Å²) in [5, 5.41) is 18.7. The van der Waals surface area contributed by atoms with Gasteiger partial charge in [0.15, 0.2) is 22.6 Å². The van der Waals surface area contributed by atoms with E-state index >= 15 is 0 Å². The third kappa shape index (κ3) is 18.2. The van der Waals surface area contributed by atoms with Gasteiger partial charge in [-0.2, -0.15) is 0 Å². The van der Waals surface area contributed by atoms with Gasteiger partial charge in [-0.1, -0.05) is 158 Å². The van der Waals surface area contributed by atoms with Crippen LogP contribution in [-0.4, -0.2) is 61.6 Å². The van der Waals surface area contributed by atoms with Gasteiger partial charge in [0.1, 0.15) is 11.0 Å². The molecule has 0 rings (SSSR count). The molecule has 0 saturated carbocycles. The summed E-state index contributed by atoms with van der Waals surface area (Å²) >= 11 is 0. The molecule has 0 aliphatic carbocycles. The van der Waals surface area contributed by atoms with Crippen molar-refractivity contribution in [2.75, 3.05) is 5.75 Å². The molecule has 274 valence electrons. The van der Waals surface area contributed by atoms with Gasteiger partial charge in [0.25, 0.3) is 0 Å². The number of carbonyl (C=O) groups excluding carboxylic acids is 3. The Balaban J connectivity index is 5.59. The van der Waals surface area contributed by atoms with E-state index < -0.39 is 45.6 Å². The van der Waals surface area contributed by atoms with Crippen molar-refractivity contribution >= 4 is 50.9 Å². The van der Waals surface area contributed by atoms with Crippen molar-refractivity contribution in [3.05, 3.63) is 0 Å². The first-order chi connectivity index (χ1) is 22.4. The van der Waals surface area contributed by atoms with Crippen LogP contribution in [0.15, 0.2) is 0 Å². The third-order valence-electron chi connectivity index (χ3n) is 8.89. The number of unbranched alkanes of at least 4 members (excludes halogenated alkanes) is 18. The first kappa shape index (κ1) is 45.6. The Morgan fingerprint density at radius 3 is 1.28 bits per heavy atom. The Bertz CT molecular complexity index is 920. The highest BCUT2D eigenvalue weighted by molar-refractivity contribution is 8.77. The first-order valence-electron chi connectivity index (χ1n) is 18.3. The van der Waals surface area contributed by atoms with Crippen molar-refractivity contribution in [1.82, 2.24) is 0 Å². The number of aliphatic carboxylic acids is 2. The molecule has 3 atom stereocenters. The molecule has 0 aromatic carbocycles. The van der Waals surface area contributed by atoms with Crippen LogP contribution in [0.5, 0.6) is 0 Å². The standard InChI is InChI=1S/C36H66N2O7S2/c1-4-7-10-13-16-19-22-25-29(39)32(36(38,34(44)45)31(41)27-24-21-18-15-12-9-6-3)47-46-28-35(37,33(42)43)30(40)26-23-20-17-14-11-8-5-2/h32H,4-28,37-38H2,1-3H3,(H,42,43)(H,44,45)/t32?,35-,36+/m1/s1. The Hall–Kier alpha value is -1.43. The van der Waals surface area contributed by atoms with Crippen molar-refractivity contribution in [2.45, 2.75) is 191 Å². The quantitative estimate of drug-likeness (QED) is 0.0287. The number of hydrogen-bond acceptors (Lipinski definition) is 9. The predicted octanol–water partition coefficient (Wildman–Crippen LogP) is 8.43. The number of nitrogens with two attached hydrogens (primary N) is 2. The zero-order chi connectivity index (χ0) is 35.6. The second-order valence-corrected chi connectivity index (χ2v) is 15.6. The molecule has 47 heavy (non-hydrogen) atoms. The summed E-state index contributed by atoms with van der Waals surface area (Å²) in [6, 6.07) is 0. The van der Waals surface area contributed by atoms with E-state index in [1.165, 1.54) is 0 Å². The summed E-state index contributed by atoms with van der Waals surface area (Å²) in [5.41, 5.74) is 7.84. The van der Waals surface area contributed by atoms with E-state index in [0.717, 1.165) is 137 Å². The molecule has 0 aromatic heterocycles. The minimum Gasteiger partial charge on any atom is -0.480 e. The fourth-order valence-corrected chi connectivity index (χ4v) is 8.75. The van der Waals surface area contributed by atoms with E-state index in [4.69, 9.17) is 11.5 Å². The largest absolute Gasteiger partial charge is 0.480 e. The maximum atomic E-state index is 13.6. The lowest BCUT2D eigenvalue weighted by atomic mass is 9.84. The Labute approximate surface area is 292 Å². The topological polar surface area (TPSA) is 178 Å². The molecule has 11 heteroatoms. The van der Waals surface area contributed by atoms with Gasteiger partial charge in [0.05, 0.1) is 0 Å². The molecule has 0 aliphatic rings. The van der Waals surface area contributed by atoms with E-state index in [2.05, 4.69) is 20.8 Å². The molecule has 0 spiro atoms. The minimum atomic E-state index is -2.47. The molecular formula is C36H66N2O7S2. The van der Waals surface area contributed by atoms with Crippen LogP contribution >= 0.6 is 21.6 Å². The number of carboxylic acids is 2. The number of ketones is 3. The maximum Gasteiger partial charge on any atom is 0.333 e. The van der Waals surface area contributed by atoms with Crippen molar-refractivity contribution < 1.29 is 34.2 Å². The fraction of sp³-hybridized carbons (Fsp3) is 0.861. The highest BCUT2D eigenvalue weighted by Gasteiger charge is 2.52. The molecule has 0 heterocycles. The lowest BCUT2D eigenvalue weighted by Gasteiger charge is -2.31. The third-order valence-corrected chi connectivity index (χ3v) is 11.8. The smallest absolute Gasteiger partial charge is 0.333 e. The summed E-state index contributed by atoms with van der Waals surface area (Å²) in [5.74, 6) is -5.21. The van der Waals surface area contributed by atoms with Crippen LogP contribution in [0.25, 0.3) is 0 Å². The number of hydrogen-bond donors (Lipinski definition) is 4. The van der Waals surface area contributed by atoms with Gasteiger partial charge in [-0.05, 0) is 19.3 Å². The van der Waals surface area contributed by atoms with Crippen LogP contribution in [0.1, 0.15) is 175 Å². The lowest BCUT2D eigenvalue weighted by Crippen LogP contribution is -2.64. The first-order valence-corrected chi connectivity index (χ1v) is 20.7. The molecule has 0 radical (unpaired) electrons. The minimum absolute atomic E-state index is 0.0231. The van der Waals surface area contributed by atoms with E-state index in [0.29, 0.717) is 19.3 Å². The number of carbonyl (C=O) groups is 5. The van der Waals surface area contributed by atoms with Crippen LogP contribution in [0.3, 0.4) is 0 Å². The molecule has 6 N–H and O–H groups in total. The van der Waals surface area contributed by atoms with Crippen LogP contribution in [-0.2, 0) is 24.0 Å². The number of Topliss-reactive ketones (excluding diaryl/α,β-unsaturated/α-hetero) is 3. The second kappa shape index (κ2) is 27.4. The van der Waals surface area contributed by atoms with E-state index in [9.17, 15) is 34.2 Å². The van der Waals surface area contributed by atoms with E-state index in [1.54, 1.807) is 0 Å². The van der Waals surface area contributed by atoms with Crippen LogP contribution in [0, 0.1) is 0 Å². The molecule has 0 saturated heterocycles. The van der Waals surface area contributed by atoms with Crippen LogP contribution < -0.4 is 11.5 Å². The van der Waals surface area contributed by atoms with Gasteiger partial charge in [-0.3, -0.25) is 14.4 Å².